The molecule has 0 unspecified atom stereocenters. The normalized spacial score (nSPS) is 10.1. The molecule has 0 aliphatic carbocycles. The molecule has 18 heavy (non-hydrogen) atoms. The van der Waals surface area contributed by atoms with Crippen molar-refractivity contribution in [3.05, 3.63) is 47.7 Å². The van der Waals surface area contributed by atoms with Crippen LogP contribution < -0.4 is 10.5 Å². The van der Waals surface area contributed by atoms with Crippen LogP contribution in [0.25, 0.3) is 0 Å². The van der Waals surface area contributed by atoms with Gasteiger partial charge in [-0.2, -0.15) is 0 Å². The molecule has 6 heteroatoms. The number of halogens is 1. The Morgan fingerprint density at radius 2 is 2.06 bits per heavy atom. The number of rotatable bonds is 3. The van der Waals surface area contributed by atoms with Gasteiger partial charge >= 0.3 is 0 Å². The van der Waals surface area contributed by atoms with E-state index < -0.39 is 0 Å². The first-order valence-corrected chi connectivity index (χ1v) is 5.53. The molecule has 2 N–H and O–H groups in total. The molecule has 0 atom stereocenters. The minimum absolute atomic E-state index is 0.0944. The van der Waals surface area contributed by atoms with E-state index in [2.05, 4.69) is 9.97 Å². The molecule has 0 amide bonds. The van der Waals surface area contributed by atoms with Crippen LogP contribution in [0.1, 0.15) is 11.3 Å². The lowest BCUT2D eigenvalue weighted by Crippen LogP contribution is -2.13. The molecule has 2 aromatic rings. The number of benzene rings is 1. The zero-order valence-corrected chi connectivity index (χ0v) is 10.4. The van der Waals surface area contributed by atoms with Crippen LogP contribution in [0.4, 0.5) is 4.39 Å². The summed E-state index contributed by atoms with van der Waals surface area (Å²) >= 11 is 4.85. The zero-order chi connectivity index (χ0) is 13.1. The molecule has 4 nitrogen and oxygen atoms in total. The second kappa shape index (κ2) is 5.05. The summed E-state index contributed by atoms with van der Waals surface area (Å²) in [6.45, 7) is 1.65. The van der Waals surface area contributed by atoms with Gasteiger partial charge in [0.25, 0.3) is 0 Å². The van der Waals surface area contributed by atoms with Crippen molar-refractivity contribution in [2.24, 2.45) is 5.73 Å². The number of nitrogens with two attached hydrogens (primary N) is 1. The highest BCUT2D eigenvalue weighted by Gasteiger charge is 2.10. The number of nitrogens with zero attached hydrogens (tertiary/aromatic N) is 2. The summed E-state index contributed by atoms with van der Waals surface area (Å²) in [6.07, 6.45) is 2.94. The molecule has 0 aliphatic heterocycles. The Hall–Kier alpha value is -2.08. The van der Waals surface area contributed by atoms with Crippen molar-refractivity contribution >= 4 is 17.2 Å². The topological polar surface area (TPSA) is 61.0 Å². The third-order valence-electron chi connectivity index (χ3n) is 2.24. The van der Waals surface area contributed by atoms with E-state index in [0.29, 0.717) is 17.0 Å². The van der Waals surface area contributed by atoms with Crippen LogP contribution in [-0.2, 0) is 0 Å². The Morgan fingerprint density at radius 3 is 2.72 bits per heavy atom. The predicted molar refractivity (Wildman–Crippen MR) is 69.1 cm³/mol. The first-order valence-electron chi connectivity index (χ1n) is 5.13. The number of hydrogen-bond donors (Lipinski definition) is 1. The Morgan fingerprint density at radius 1 is 1.33 bits per heavy atom. The number of thiocarbonyl (C=S) groups is 1. The van der Waals surface area contributed by atoms with Gasteiger partial charge in [-0.15, -0.1) is 0 Å². The molecule has 1 aromatic carbocycles. The van der Waals surface area contributed by atoms with Gasteiger partial charge in [-0.25, -0.2) is 14.4 Å². The molecule has 2 rings (SSSR count). The van der Waals surface area contributed by atoms with E-state index in [-0.39, 0.29) is 16.7 Å². The van der Waals surface area contributed by atoms with E-state index in [1.54, 1.807) is 13.0 Å². The highest BCUT2D eigenvalue weighted by molar-refractivity contribution is 7.80. The van der Waals surface area contributed by atoms with Crippen molar-refractivity contribution < 1.29 is 9.13 Å². The summed E-state index contributed by atoms with van der Waals surface area (Å²) in [5, 5.41) is 0. The van der Waals surface area contributed by atoms with Crippen LogP contribution in [0, 0.1) is 12.7 Å². The molecule has 1 aromatic heterocycles. The summed E-state index contributed by atoms with van der Waals surface area (Å²) < 4.78 is 18.6. The fraction of sp³-hybridized carbons (Fsp3) is 0.0833. The molecule has 0 spiro atoms. The van der Waals surface area contributed by atoms with Gasteiger partial charge in [-0.1, -0.05) is 12.2 Å². The first-order chi connectivity index (χ1) is 8.58. The zero-order valence-electron chi connectivity index (χ0n) is 9.55. The van der Waals surface area contributed by atoms with E-state index >= 15 is 0 Å². The molecule has 0 radical (unpaired) electrons. The third kappa shape index (κ3) is 2.60. The number of ether oxygens (including phenoxy) is 1. The summed E-state index contributed by atoms with van der Waals surface area (Å²) in [6, 6.07) is 4.38. The van der Waals surface area contributed by atoms with Crippen molar-refractivity contribution in [3.63, 3.8) is 0 Å². The van der Waals surface area contributed by atoms with Crippen LogP contribution in [0.5, 0.6) is 11.6 Å². The minimum Gasteiger partial charge on any atom is -0.437 e. The Kier molecular flexibility index (Phi) is 3.47. The maximum atomic E-state index is 13.1. The van der Waals surface area contributed by atoms with Crippen LogP contribution >= 0.6 is 12.2 Å². The number of aromatic nitrogens is 2. The highest BCUT2D eigenvalue weighted by atomic mass is 32.1. The van der Waals surface area contributed by atoms with E-state index in [0.717, 1.165) is 0 Å². The molecule has 0 saturated carbocycles. The standard InChI is InChI=1S/C12H10FN3OS/c1-7-6-8(2-3-9(7)13)17-12-10(11(14)18)15-4-5-16-12/h2-6H,1H3,(H2,14,18). The largest absolute Gasteiger partial charge is 0.437 e. The van der Waals surface area contributed by atoms with Gasteiger partial charge in [0.05, 0.1) is 0 Å². The Labute approximate surface area is 109 Å². The highest BCUT2D eigenvalue weighted by Crippen LogP contribution is 2.23. The van der Waals surface area contributed by atoms with Gasteiger partial charge in [0, 0.05) is 12.4 Å². The average molecular weight is 263 g/mol. The lowest BCUT2D eigenvalue weighted by atomic mass is 10.2. The van der Waals surface area contributed by atoms with Gasteiger partial charge < -0.3 is 10.5 Å². The SMILES string of the molecule is Cc1cc(Oc2nccnc2C(N)=S)ccc1F. The van der Waals surface area contributed by atoms with Crippen LogP contribution in [0.2, 0.25) is 0 Å². The molecular weight excluding hydrogens is 253 g/mol. The molecule has 0 bridgehead atoms. The lowest BCUT2D eigenvalue weighted by molar-refractivity contribution is 0.456. The second-order valence-electron chi connectivity index (χ2n) is 3.59. The van der Waals surface area contributed by atoms with Crippen molar-refractivity contribution in [1.29, 1.82) is 0 Å². The monoisotopic (exact) mass is 263 g/mol. The van der Waals surface area contributed by atoms with Gasteiger partial charge in [0.15, 0.2) is 5.69 Å². The molecule has 1 heterocycles. The fourth-order valence-electron chi connectivity index (χ4n) is 1.36. The molecule has 92 valence electrons. The number of aryl methyl sites for hydroxylation is 1. The van der Waals surface area contributed by atoms with E-state index in [1.807, 2.05) is 0 Å². The summed E-state index contributed by atoms with van der Waals surface area (Å²) in [7, 11) is 0. The summed E-state index contributed by atoms with van der Waals surface area (Å²) in [5.41, 5.74) is 6.29. The second-order valence-corrected chi connectivity index (χ2v) is 4.03. The van der Waals surface area contributed by atoms with Crippen molar-refractivity contribution in [2.45, 2.75) is 6.92 Å². The maximum Gasteiger partial charge on any atom is 0.248 e. The number of hydrogen-bond acceptors (Lipinski definition) is 4. The van der Waals surface area contributed by atoms with E-state index in [1.165, 1.54) is 24.5 Å². The maximum absolute atomic E-state index is 13.1. The summed E-state index contributed by atoms with van der Waals surface area (Å²) in [5.74, 6) is 0.360. The van der Waals surface area contributed by atoms with Gasteiger partial charge in [-0.05, 0) is 30.7 Å². The fourth-order valence-corrected chi connectivity index (χ4v) is 1.50. The van der Waals surface area contributed by atoms with E-state index in [9.17, 15) is 4.39 Å². The van der Waals surface area contributed by atoms with Crippen LogP contribution in [-0.4, -0.2) is 15.0 Å². The smallest absolute Gasteiger partial charge is 0.248 e. The van der Waals surface area contributed by atoms with Crippen molar-refractivity contribution in [3.8, 4) is 11.6 Å². The molecular formula is C12H10FN3OS. The van der Waals surface area contributed by atoms with E-state index in [4.69, 9.17) is 22.7 Å². The van der Waals surface area contributed by atoms with Crippen LogP contribution in [0.3, 0.4) is 0 Å². The van der Waals surface area contributed by atoms with Crippen molar-refractivity contribution in [2.75, 3.05) is 0 Å². The van der Waals surface area contributed by atoms with Crippen molar-refractivity contribution in [1.82, 2.24) is 9.97 Å². The van der Waals surface area contributed by atoms with Gasteiger partial charge in [0.2, 0.25) is 5.88 Å². The minimum atomic E-state index is -0.295. The Bertz CT molecular complexity index is 604. The van der Waals surface area contributed by atoms with Gasteiger partial charge in [-0.3, -0.25) is 0 Å². The van der Waals surface area contributed by atoms with Crippen LogP contribution in [0.15, 0.2) is 30.6 Å². The Balaban J connectivity index is 2.34. The van der Waals surface area contributed by atoms with Gasteiger partial charge in [0.1, 0.15) is 16.6 Å². The molecule has 0 fully saturated rings. The molecule has 0 aliphatic rings. The lowest BCUT2D eigenvalue weighted by Gasteiger charge is -2.08. The summed E-state index contributed by atoms with van der Waals surface area (Å²) in [4.78, 5) is 8.08. The average Bonchev–Trinajstić information content (AvgIpc) is 2.34. The molecule has 0 saturated heterocycles. The third-order valence-corrected chi connectivity index (χ3v) is 2.44. The predicted octanol–water partition coefficient (Wildman–Crippen LogP) is 2.35. The first kappa shape index (κ1) is 12.4. The quantitative estimate of drug-likeness (QED) is 0.861.